The molecule has 2 heterocycles. The molecule has 0 atom stereocenters. The third kappa shape index (κ3) is 1.10. The lowest BCUT2D eigenvalue weighted by atomic mass is 10.3. The van der Waals surface area contributed by atoms with Crippen LogP contribution in [0.15, 0.2) is 9.53 Å². The molecule has 0 unspecified atom stereocenters. The van der Waals surface area contributed by atoms with E-state index in [1.807, 2.05) is 0 Å². The summed E-state index contributed by atoms with van der Waals surface area (Å²) < 4.78 is 5.51. The first-order valence-corrected chi connectivity index (χ1v) is 3.92. The Morgan fingerprint density at radius 3 is 3.18 bits per heavy atom. The Labute approximate surface area is 70.7 Å². The number of hydrogen-bond acceptors (Lipinski definition) is 3. The van der Waals surface area contributed by atoms with Crippen molar-refractivity contribution < 1.29 is 4.74 Å². The number of halogens is 1. The number of nitrogens with zero attached hydrogens (tertiary/aromatic N) is 1. The third-order valence-electron chi connectivity index (χ3n) is 1.56. The van der Waals surface area contributed by atoms with Gasteiger partial charge in [0.1, 0.15) is 0 Å². The normalized spacial score (nSPS) is 15.0. The van der Waals surface area contributed by atoms with E-state index in [0.717, 1.165) is 5.69 Å². The number of hydrogen-bond donors (Lipinski definition) is 1. The van der Waals surface area contributed by atoms with E-state index in [1.54, 1.807) is 0 Å². The minimum absolute atomic E-state index is 0.112. The Balaban J connectivity index is 2.70. The predicted molar refractivity (Wildman–Crippen MR) is 41.1 cm³/mol. The molecule has 0 fully saturated rings. The highest BCUT2D eigenvalue weighted by molar-refractivity contribution is 9.10. The molecule has 0 radical (unpaired) electrons. The van der Waals surface area contributed by atoms with Gasteiger partial charge in [0.05, 0.1) is 24.5 Å². The van der Waals surface area contributed by atoms with E-state index in [2.05, 4.69) is 25.9 Å². The van der Waals surface area contributed by atoms with Crippen molar-refractivity contribution in [1.29, 1.82) is 0 Å². The Bertz CT molecular complexity index is 347. The second-order valence-corrected chi connectivity index (χ2v) is 3.03. The molecule has 5 heteroatoms. The van der Waals surface area contributed by atoms with Gasteiger partial charge in [0.2, 0.25) is 0 Å². The average molecular weight is 217 g/mol. The molecule has 1 aliphatic rings. The molecule has 0 bridgehead atoms. The third-order valence-corrected chi connectivity index (χ3v) is 1.93. The van der Waals surface area contributed by atoms with Gasteiger partial charge in [-0.15, -0.1) is 0 Å². The zero-order chi connectivity index (χ0) is 7.84. The maximum atomic E-state index is 11.1. The maximum Gasteiger partial charge on any atom is 0.257 e. The van der Waals surface area contributed by atoms with Crippen LogP contribution in [0.3, 0.4) is 0 Å². The molecule has 58 valence electrons. The van der Waals surface area contributed by atoms with Crippen LogP contribution in [0.1, 0.15) is 11.3 Å². The molecule has 1 aromatic rings. The summed E-state index contributed by atoms with van der Waals surface area (Å²) in [4.78, 5) is 17.7. The number of aromatic amines is 1. The molecule has 0 aromatic carbocycles. The van der Waals surface area contributed by atoms with Crippen molar-refractivity contribution in [3.8, 4) is 0 Å². The Morgan fingerprint density at radius 2 is 2.36 bits per heavy atom. The summed E-state index contributed by atoms with van der Waals surface area (Å²) in [5, 5.41) is 0. The summed E-state index contributed by atoms with van der Waals surface area (Å²) in [6.07, 6.45) is 0. The first-order valence-electron chi connectivity index (χ1n) is 3.12. The summed E-state index contributed by atoms with van der Waals surface area (Å²) in [7, 11) is 0. The van der Waals surface area contributed by atoms with Crippen LogP contribution in [-0.2, 0) is 18.0 Å². The van der Waals surface area contributed by atoms with E-state index < -0.39 is 0 Å². The number of aromatic nitrogens is 2. The van der Waals surface area contributed by atoms with Gasteiger partial charge in [-0.25, -0.2) is 4.98 Å². The average Bonchev–Trinajstić information content (AvgIpc) is 2.34. The SMILES string of the molecule is O=c1[nH]c(Br)nc2c1COC2. The topological polar surface area (TPSA) is 55.0 Å². The number of nitrogens with one attached hydrogen (secondary N) is 1. The summed E-state index contributed by atoms with van der Waals surface area (Å²) >= 11 is 3.09. The standard InChI is InChI=1S/C6H5BrN2O2/c7-6-8-4-2-11-1-3(4)5(10)9-6/h1-2H2,(H,8,9,10). The van der Waals surface area contributed by atoms with Crippen LogP contribution in [0.25, 0.3) is 0 Å². The molecule has 1 aliphatic heterocycles. The maximum absolute atomic E-state index is 11.1. The summed E-state index contributed by atoms with van der Waals surface area (Å²) in [5.74, 6) is 0. The van der Waals surface area contributed by atoms with Crippen molar-refractivity contribution in [3.05, 3.63) is 26.3 Å². The molecule has 11 heavy (non-hydrogen) atoms. The number of fused-ring (bicyclic) bond motifs is 1. The molecule has 0 aliphatic carbocycles. The molecular formula is C6H5BrN2O2. The van der Waals surface area contributed by atoms with Crippen molar-refractivity contribution >= 4 is 15.9 Å². The van der Waals surface area contributed by atoms with Gasteiger partial charge >= 0.3 is 0 Å². The van der Waals surface area contributed by atoms with Crippen LogP contribution in [0, 0.1) is 0 Å². The lowest BCUT2D eigenvalue weighted by molar-refractivity contribution is 0.133. The fourth-order valence-electron chi connectivity index (χ4n) is 1.03. The predicted octanol–water partition coefficient (Wildman–Crippen LogP) is 0.563. The largest absolute Gasteiger partial charge is 0.370 e. The van der Waals surface area contributed by atoms with E-state index in [0.29, 0.717) is 23.5 Å². The Hall–Kier alpha value is -0.680. The molecule has 2 rings (SSSR count). The van der Waals surface area contributed by atoms with Gasteiger partial charge in [0.15, 0.2) is 4.73 Å². The van der Waals surface area contributed by atoms with Gasteiger partial charge < -0.3 is 9.72 Å². The molecule has 4 nitrogen and oxygen atoms in total. The van der Waals surface area contributed by atoms with E-state index >= 15 is 0 Å². The lowest BCUT2D eigenvalue weighted by Gasteiger charge is -1.93. The van der Waals surface area contributed by atoms with Gasteiger partial charge in [-0.1, -0.05) is 0 Å². The summed E-state index contributed by atoms with van der Waals surface area (Å²) in [6, 6.07) is 0. The monoisotopic (exact) mass is 216 g/mol. The smallest absolute Gasteiger partial charge is 0.257 e. The van der Waals surface area contributed by atoms with Gasteiger partial charge in [0.25, 0.3) is 5.56 Å². The van der Waals surface area contributed by atoms with Crippen LogP contribution < -0.4 is 5.56 Å². The minimum atomic E-state index is -0.112. The van der Waals surface area contributed by atoms with E-state index in [9.17, 15) is 4.79 Å². The molecule has 1 N–H and O–H groups in total. The number of H-pyrrole nitrogens is 1. The first-order chi connectivity index (χ1) is 5.27. The van der Waals surface area contributed by atoms with Gasteiger partial charge in [0, 0.05) is 0 Å². The van der Waals surface area contributed by atoms with E-state index in [1.165, 1.54) is 0 Å². The molecule has 0 saturated heterocycles. The van der Waals surface area contributed by atoms with Crippen molar-refractivity contribution in [3.63, 3.8) is 0 Å². The zero-order valence-corrected chi connectivity index (χ0v) is 7.14. The molecule has 0 amide bonds. The zero-order valence-electron chi connectivity index (χ0n) is 5.56. The highest BCUT2D eigenvalue weighted by atomic mass is 79.9. The Morgan fingerprint density at radius 1 is 1.55 bits per heavy atom. The fourth-order valence-corrected chi connectivity index (χ4v) is 1.43. The highest BCUT2D eigenvalue weighted by Gasteiger charge is 2.16. The fraction of sp³-hybridized carbons (Fsp3) is 0.333. The van der Waals surface area contributed by atoms with Crippen molar-refractivity contribution in [2.24, 2.45) is 0 Å². The van der Waals surface area contributed by atoms with Crippen molar-refractivity contribution in [2.45, 2.75) is 13.2 Å². The van der Waals surface area contributed by atoms with Crippen molar-refractivity contribution in [2.75, 3.05) is 0 Å². The van der Waals surface area contributed by atoms with E-state index in [4.69, 9.17) is 4.74 Å². The lowest BCUT2D eigenvalue weighted by Crippen LogP contribution is -2.13. The van der Waals surface area contributed by atoms with Gasteiger partial charge in [-0.2, -0.15) is 0 Å². The minimum Gasteiger partial charge on any atom is -0.370 e. The van der Waals surface area contributed by atoms with Crippen LogP contribution in [0.5, 0.6) is 0 Å². The molecule has 0 spiro atoms. The van der Waals surface area contributed by atoms with Crippen LogP contribution in [0.2, 0.25) is 0 Å². The molecule has 1 aromatic heterocycles. The van der Waals surface area contributed by atoms with Gasteiger partial charge in [-0.3, -0.25) is 4.79 Å². The number of rotatable bonds is 0. The van der Waals surface area contributed by atoms with Crippen LogP contribution >= 0.6 is 15.9 Å². The second kappa shape index (κ2) is 2.42. The van der Waals surface area contributed by atoms with Crippen molar-refractivity contribution in [1.82, 2.24) is 9.97 Å². The molecular weight excluding hydrogens is 212 g/mol. The quantitative estimate of drug-likeness (QED) is 0.646. The Kier molecular flexibility index (Phi) is 1.54. The van der Waals surface area contributed by atoms with Crippen LogP contribution in [-0.4, -0.2) is 9.97 Å². The number of ether oxygens (including phenoxy) is 1. The second-order valence-electron chi connectivity index (χ2n) is 2.27. The van der Waals surface area contributed by atoms with E-state index in [-0.39, 0.29) is 5.56 Å². The summed E-state index contributed by atoms with van der Waals surface area (Å²) in [6.45, 7) is 0.822. The summed E-state index contributed by atoms with van der Waals surface area (Å²) in [5.41, 5.74) is 1.27. The van der Waals surface area contributed by atoms with Gasteiger partial charge in [-0.05, 0) is 15.9 Å². The first kappa shape index (κ1) is 7.00. The highest BCUT2D eigenvalue weighted by Crippen LogP contribution is 2.14. The molecule has 0 saturated carbocycles. The van der Waals surface area contributed by atoms with Crippen LogP contribution in [0.4, 0.5) is 0 Å².